The summed E-state index contributed by atoms with van der Waals surface area (Å²) in [7, 11) is 0. The molecule has 1 N–H and O–H groups in total. The quantitative estimate of drug-likeness (QED) is 0.201. The van der Waals surface area contributed by atoms with E-state index in [-0.39, 0.29) is 0 Å². The summed E-state index contributed by atoms with van der Waals surface area (Å²) in [5.74, 6) is 1.65. The number of hydrogen-bond acceptors (Lipinski definition) is 6. The maximum Gasteiger partial charge on any atom is 0.205 e. The predicted molar refractivity (Wildman–Crippen MR) is 167 cm³/mol. The molecule has 0 atom stereocenters. The van der Waals surface area contributed by atoms with Crippen LogP contribution in [0.1, 0.15) is 36.8 Å². The van der Waals surface area contributed by atoms with E-state index < -0.39 is 0 Å². The van der Waals surface area contributed by atoms with Gasteiger partial charge in [-0.15, -0.1) is 10.2 Å². The Labute approximate surface area is 249 Å². The largest absolute Gasteiger partial charge is 0.331 e. The highest BCUT2D eigenvalue weighted by atomic mass is 15.5. The Morgan fingerprint density at radius 3 is 2.33 bits per heavy atom. The number of nitrogens with zero attached hydrogens (tertiary/aromatic N) is 8. The first-order valence-corrected chi connectivity index (χ1v) is 14.6. The van der Waals surface area contributed by atoms with E-state index in [1.54, 1.807) is 6.20 Å². The smallest absolute Gasteiger partial charge is 0.205 e. The minimum Gasteiger partial charge on any atom is -0.331 e. The topological polar surface area (TPSA) is 103 Å². The third-order valence-electron chi connectivity index (χ3n) is 7.73. The Balaban J connectivity index is 1.28. The maximum atomic E-state index is 5.29. The lowest BCUT2D eigenvalue weighted by Crippen LogP contribution is -2.08. The number of benzene rings is 3. The van der Waals surface area contributed by atoms with Gasteiger partial charge in [0.15, 0.2) is 5.65 Å². The summed E-state index contributed by atoms with van der Waals surface area (Å²) >= 11 is 0. The van der Waals surface area contributed by atoms with Gasteiger partial charge in [-0.2, -0.15) is 5.21 Å². The molecule has 9 nitrogen and oxygen atoms in total. The van der Waals surface area contributed by atoms with E-state index in [1.165, 1.54) is 5.56 Å². The summed E-state index contributed by atoms with van der Waals surface area (Å²) < 4.78 is 4.35. The van der Waals surface area contributed by atoms with Crippen LogP contribution in [-0.2, 0) is 19.5 Å². The molecule has 0 aliphatic rings. The number of tetrazole rings is 1. The molecule has 0 saturated carbocycles. The zero-order valence-corrected chi connectivity index (χ0v) is 23.9. The molecule has 0 amide bonds. The lowest BCUT2D eigenvalue weighted by Gasteiger charge is -2.13. The number of unbranched alkanes of at least 4 members (excludes halogenated alkanes) is 1. The monoisotopic (exact) mass is 565 g/mol. The van der Waals surface area contributed by atoms with Crippen molar-refractivity contribution in [2.75, 3.05) is 0 Å². The number of aryl methyl sites for hydroxylation is 1. The molecule has 0 spiro atoms. The summed E-state index contributed by atoms with van der Waals surface area (Å²) in [5, 5.41) is 14.7. The van der Waals surface area contributed by atoms with Gasteiger partial charge < -0.3 is 9.13 Å². The van der Waals surface area contributed by atoms with Crippen LogP contribution in [0.25, 0.3) is 44.8 Å². The fourth-order valence-corrected chi connectivity index (χ4v) is 5.54. The molecule has 7 aromatic rings. The Bertz CT molecular complexity index is 1940. The van der Waals surface area contributed by atoms with Crippen LogP contribution < -0.4 is 0 Å². The van der Waals surface area contributed by atoms with Crippen molar-refractivity contribution >= 4 is 11.2 Å². The first-order chi connectivity index (χ1) is 21.3. The number of fused-ring (bicyclic) bond motifs is 1. The Morgan fingerprint density at radius 1 is 0.791 bits per heavy atom. The fraction of sp³-hybridized carbons (Fsp3) is 0.176. The van der Waals surface area contributed by atoms with Gasteiger partial charge in [-0.25, -0.2) is 15.0 Å². The van der Waals surface area contributed by atoms with Crippen LogP contribution in [0.3, 0.4) is 0 Å². The van der Waals surface area contributed by atoms with Crippen LogP contribution in [0.5, 0.6) is 0 Å². The fourth-order valence-electron chi connectivity index (χ4n) is 5.54. The van der Waals surface area contributed by atoms with Gasteiger partial charge in [0.25, 0.3) is 0 Å². The van der Waals surface area contributed by atoms with Crippen LogP contribution in [0.2, 0.25) is 0 Å². The van der Waals surface area contributed by atoms with E-state index in [2.05, 4.69) is 102 Å². The highest BCUT2D eigenvalue weighted by molar-refractivity contribution is 5.82. The summed E-state index contributed by atoms with van der Waals surface area (Å²) in [5.41, 5.74) is 9.33. The first kappa shape index (κ1) is 26.5. The van der Waals surface area contributed by atoms with Gasteiger partial charge in [-0.05, 0) is 40.0 Å². The number of nitrogens with one attached hydrogen (secondary N) is 1. The molecule has 3 aromatic carbocycles. The minimum absolute atomic E-state index is 0.581. The van der Waals surface area contributed by atoms with Crippen LogP contribution in [0, 0.1) is 0 Å². The van der Waals surface area contributed by atoms with Gasteiger partial charge >= 0.3 is 0 Å². The highest BCUT2D eigenvalue weighted by Gasteiger charge is 2.18. The van der Waals surface area contributed by atoms with Gasteiger partial charge in [0.1, 0.15) is 11.3 Å². The van der Waals surface area contributed by atoms with Crippen molar-refractivity contribution in [2.45, 2.75) is 39.3 Å². The van der Waals surface area contributed by atoms with Crippen molar-refractivity contribution in [1.29, 1.82) is 0 Å². The van der Waals surface area contributed by atoms with E-state index in [4.69, 9.17) is 9.97 Å². The number of aromatic amines is 1. The lowest BCUT2D eigenvalue weighted by atomic mass is 9.98. The van der Waals surface area contributed by atoms with E-state index in [0.717, 1.165) is 69.8 Å². The summed E-state index contributed by atoms with van der Waals surface area (Å²) in [6.07, 6.45) is 8.69. The Hall–Kier alpha value is -5.44. The Morgan fingerprint density at radius 2 is 1.58 bits per heavy atom. The van der Waals surface area contributed by atoms with E-state index in [9.17, 15) is 0 Å². The molecule has 4 aromatic heterocycles. The predicted octanol–water partition coefficient (Wildman–Crippen LogP) is 6.58. The maximum absolute atomic E-state index is 5.29. The number of H-pyrrole nitrogens is 1. The second kappa shape index (κ2) is 11.8. The van der Waals surface area contributed by atoms with Crippen molar-refractivity contribution in [2.24, 2.45) is 0 Å². The standard InChI is InChI=1S/C34H31N9/c1-2-3-13-32-36-30-20-29(25-9-5-4-6-10-25)31(22-42-19-18-35-23-42)37-34(30)43(32)21-24-14-16-26(17-15-24)27-11-7-8-12-28(27)33-38-40-41-39-33/h4-12,14-20,23H,2-3,13,21-22H2,1H3,(H,38,39,40,41). The molecule has 0 saturated heterocycles. The molecule has 0 unspecified atom stereocenters. The van der Waals surface area contributed by atoms with Crippen molar-refractivity contribution in [3.8, 4) is 33.6 Å². The van der Waals surface area contributed by atoms with Crippen molar-refractivity contribution in [1.82, 2.24) is 44.7 Å². The molecule has 0 bridgehead atoms. The second-order valence-corrected chi connectivity index (χ2v) is 10.6. The molecule has 212 valence electrons. The molecule has 0 aliphatic heterocycles. The van der Waals surface area contributed by atoms with Gasteiger partial charge in [0.05, 0.1) is 25.1 Å². The van der Waals surface area contributed by atoms with Crippen LogP contribution in [-0.4, -0.2) is 44.7 Å². The third kappa shape index (κ3) is 5.44. The molecule has 0 aliphatic carbocycles. The van der Waals surface area contributed by atoms with Crippen molar-refractivity contribution in [3.63, 3.8) is 0 Å². The molecule has 0 fully saturated rings. The molecule has 43 heavy (non-hydrogen) atoms. The summed E-state index contributed by atoms with van der Waals surface area (Å²) in [6, 6.07) is 29.4. The Kier molecular flexibility index (Phi) is 7.27. The van der Waals surface area contributed by atoms with Gasteiger partial charge in [0, 0.05) is 29.9 Å². The highest BCUT2D eigenvalue weighted by Crippen LogP contribution is 2.31. The molecule has 7 rings (SSSR count). The molecular formula is C34H31N9. The van der Waals surface area contributed by atoms with Crippen molar-refractivity contribution < 1.29 is 0 Å². The zero-order chi connectivity index (χ0) is 29.0. The van der Waals surface area contributed by atoms with Crippen LogP contribution >= 0.6 is 0 Å². The molecule has 4 heterocycles. The van der Waals surface area contributed by atoms with E-state index in [1.807, 2.05) is 36.8 Å². The van der Waals surface area contributed by atoms with Crippen LogP contribution in [0.4, 0.5) is 0 Å². The number of hydrogen-bond donors (Lipinski definition) is 1. The van der Waals surface area contributed by atoms with E-state index >= 15 is 0 Å². The van der Waals surface area contributed by atoms with Crippen molar-refractivity contribution in [3.05, 3.63) is 121 Å². The van der Waals surface area contributed by atoms with Gasteiger partial charge in [-0.1, -0.05) is 92.2 Å². The summed E-state index contributed by atoms with van der Waals surface area (Å²) in [4.78, 5) is 14.7. The molecule has 0 radical (unpaired) electrons. The second-order valence-electron chi connectivity index (χ2n) is 10.6. The van der Waals surface area contributed by atoms with Gasteiger partial charge in [0.2, 0.25) is 5.82 Å². The first-order valence-electron chi connectivity index (χ1n) is 14.6. The number of imidazole rings is 2. The van der Waals surface area contributed by atoms with E-state index in [0.29, 0.717) is 18.9 Å². The zero-order valence-electron chi connectivity index (χ0n) is 23.9. The lowest BCUT2D eigenvalue weighted by molar-refractivity contribution is 0.684. The third-order valence-corrected chi connectivity index (χ3v) is 7.73. The van der Waals surface area contributed by atoms with Crippen LogP contribution in [0.15, 0.2) is 104 Å². The van der Waals surface area contributed by atoms with Gasteiger partial charge in [-0.3, -0.25) is 0 Å². The number of aromatic nitrogens is 9. The number of rotatable bonds is 10. The average molecular weight is 566 g/mol. The normalized spacial score (nSPS) is 11.4. The molecular weight excluding hydrogens is 534 g/mol. The summed E-state index contributed by atoms with van der Waals surface area (Å²) in [6.45, 7) is 3.53. The molecule has 9 heteroatoms. The number of pyridine rings is 1. The average Bonchev–Trinajstić information content (AvgIpc) is 3.84. The SMILES string of the molecule is CCCCc1nc2cc(-c3ccccc3)c(Cn3ccnc3)nc2n1Cc1ccc(-c2ccccc2-c2nn[nH]n2)cc1. The minimum atomic E-state index is 0.581.